The standard InChI is InChI=1S/C17H10F6N6O/c18-16(19,20)11-3-10(4-12(5-11)17(21,22)23)15-25-8-29(28-15)7-13(14(24)30)9-1-2-26-27-6-9/h1-8H,(H2,24,30). The topological polar surface area (TPSA) is 99.6 Å². The van der Waals surface area contributed by atoms with E-state index in [0.717, 1.165) is 17.2 Å². The van der Waals surface area contributed by atoms with Crippen molar-refractivity contribution in [3.8, 4) is 11.4 Å². The molecule has 0 aliphatic rings. The lowest BCUT2D eigenvalue weighted by Crippen LogP contribution is -2.14. The molecular weight excluding hydrogens is 418 g/mol. The monoisotopic (exact) mass is 428 g/mol. The fourth-order valence-corrected chi connectivity index (χ4v) is 2.42. The summed E-state index contributed by atoms with van der Waals surface area (Å²) in [6.07, 6.45) is -5.39. The number of hydrogen-bond acceptors (Lipinski definition) is 5. The van der Waals surface area contributed by atoms with Gasteiger partial charge in [-0.15, -0.1) is 5.10 Å². The van der Waals surface area contributed by atoms with E-state index in [0.29, 0.717) is 12.1 Å². The molecule has 13 heteroatoms. The van der Waals surface area contributed by atoms with E-state index in [-0.39, 0.29) is 17.2 Å². The average molecular weight is 428 g/mol. The number of halogens is 6. The van der Waals surface area contributed by atoms with Crippen LogP contribution >= 0.6 is 0 Å². The summed E-state index contributed by atoms with van der Waals surface area (Å²) >= 11 is 0. The molecule has 7 nitrogen and oxygen atoms in total. The normalized spacial score (nSPS) is 12.8. The summed E-state index contributed by atoms with van der Waals surface area (Å²) in [6.45, 7) is 0. The Hall–Kier alpha value is -3.77. The van der Waals surface area contributed by atoms with Crippen molar-refractivity contribution in [2.24, 2.45) is 5.73 Å². The maximum Gasteiger partial charge on any atom is 0.416 e. The second-order valence-electron chi connectivity index (χ2n) is 5.88. The number of amides is 1. The number of nitrogens with two attached hydrogens (primary N) is 1. The Morgan fingerprint density at radius 1 is 1.00 bits per heavy atom. The van der Waals surface area contributed by atoms with E-state index in [2.05, 4.69) is 20.3 Å². The highest BCUT2D eigenvalue weighted by molar-refractivity contribution is 6.22. The molecule has 0 radical (unpaired) electrons. The first kappa shape index (κ1) is 21.0. The zero-order valence-corrected chi connectivity index (χ0v) is 14.6. The molecule has 0 atom stereocenters. The first-order valence-electron chi connectivity index (χ1n) is 7.95. The SMILES string of the molecule is NC(=O)C(=Cn1cnc(-c2cc(C(F)(F)F)cc(C(F)(F)F)c2)n1)c1ccnnc1. The van der Waals surface area contributed by atoms with Gasteiger partial charge in [-0.2, -0.15) is 36.5 Å². The van der Waals surface area contributed by atoms with Crippen molar-refractivity contribution in [3.63, 3.8) is 0 Å². The van der Waals surface area contributed by atoms with E-state index in [1.54, 1.807) is 0 Å². The highest BCUT2D eigenvalue weighted by atomic mass is 19.4. The molecule has 3 rings (SSSR count). The molecule has 2 heterocycles. The Balaban J connectivity index is 2.06. The Bertz CT molecular complexity index is 1070. The minimum atomic E-state index is -5.01. The largest absolute Gasteiger partial charge is 0.416 e. The van der Waals surface area contributed by atoms with Crippen LogP contribution in [0, 0.1) is 0 Å². The zero-order valence-electron chi connectivity index (χ0n) is 14.6. The minimum Gasteiger partial charge on any atom is -0.366 e. The van der Waals surface area contributed by atoms with Gasteiger partial charge in [0.15, 0.2) is 5.82 Å². The van der Waals surface area contributed by atoms with Crippen LogP contribution in [0.15, 0.2) is 43.0 Å². The van der Waals surface area contributed by atoms with Crippen LogP contribution in [0.2, 0.25) is 0 Å². The molecule has 0 saturated heterocycles. The Morgan fingerprint density at radius 2 is 1.63 bits per heavy atom. The average Bonchev–Trinajstić information content (AvgIpc) is 3.13. The second-order valence-corrected chi connectivity index (χ2v) is 5.88. The summed E-state index contributed by atoms with van der Waals surface area (Å²) in [5.41, 5.74) is 1.99. The molecule has 2 aromatic heterocycles. The molecule has 156 valence electrons. The molecule has 0 unspecified atom stereocenters. The van der Waals surface area contributed by atoms with Crippen molar-refractivity contribution in [2.75, 3.05) is 0 Å². The molecule has 0 fully saturated rings. The van der Waals surface area contributed by atoms with E-state index >= 15 is 0 Å². The summed E-state index contributed by atoms with van der Waals surface area (Å²) in [5, 5.41) is 11.0. The maximum absolute atomic E-state index is 13.0. The van der Waals surface area contributed by atoms with Gasteiger partial charge in [-0.05, 0) is 24.3 Å². The van der Waals surface area contributed by atoms with Gasteiger partial charge >= 0.3 is 12.4 Å². The number of primary amides is 1. The molecule has 0 saturated carbocycles. The lowest BCUT2D eigenvalue weighted by molar-refractivity contribution is -0.143. The van der Waals surface area contributed by atoms with Gasteiger partial charge in [0.1, 0.15) is 6.33 Å². The van der Waals surface area contributed by atoms with Gasteiger partial charge in [-0.3, -0.25) is 4.79 Å². The molecular formula is C17H10F6N6O. The molecule has 0 aliphatic carbocycles. The van der Waals surface area contributed by atoms with Crippen molar-refractivity contribution in [1.29, 1.82) is 0 Å². The third kappa shape index (κ3) is 4.61. The van der Waals surface area contributed by atoms with Crippen molar-refractivity contribution in [1.82, 2.24) is 25.0 Å². The van der Waals surface area contributed by atoms with Gasteiger partial charge < -0.3 is 5.73 Å². The molecule has 1 amide bonds. The van der Waals surface area contributed by atoms with Gasteiger partial charge in [0.05, 0.1) is 29.1 Å². The van der Waals surface area contributed by atoms with Crippen LogP contribution in [0.25, 0.3) is 23.2 Å². The third-order valence-corrected chi connectivity index (χ3v) is 3.78. The van der Waals surface area contributed by atoms with Crippen molar-refractivity contribution < 1.29 is 31.1 Å². The van der Waals surface area contributed by atoms with E-state index in [1.807, 2.05) is 0 Å². The molecule has 2 N–H and O–H groups in total. The molecule has 30 heavy (non-hydrogen) atoms. The first-order chi connectivity index (χ1) is 13.9. The molecule has 1 aromatic carbocycles. The van der Waals surface area contributed by atoms with Gasteiger partial charge in [0.2, 0.25) is 0 Å². The predicted molar refractivity (Wildman–Crippen MR) is 90.9 cm³/mol. The number of carbonyl (C=O) groups is 1. The Kier molecular flexibility index (Phi) is 5.29. The molecule has 0 bridgehead atoms. The predicted octanol–water partition coefficient (Wildman–Crippen LogP) is 3.26. The van der Waals surface area contributed by atoms with Gasteiger partial charge in [-0.25, -0.2) is 9.67 Å². The van der Waals surface area contributed by atoms with Crippen LogP contribution in [0.3, 0.4) is 0 Å². The third-order valence-electron chi connectivity index (χ3n) is 3.78. The number of benzene rings is 1. The van der Waals surface area contributed by atoms with Crippen molar-refractivity contribution in [3.05, 3.63) is 59.7 Å². The van der Waals surface area contributed by atoms with Crippen LogP contribution in [0.4, 0.5) is 26.3 Å². The summed E-state index contributed by atoms with van der Waals surface area (Å²) in [6, 6.07) is 2.42. The van der Waals surface area contributed by atoms with Crippen molar-refractivity contribution >= 4 is 17.7 Å². The Morgan fingerprint density at radius 3 is 2.13 bits per heavy atom. The number of rotatable bonds is 4. The van der Waals surface area contributed by atoms with Crippen LogP contribution in [-0.4, -0.2) is 30.9 Å². The number of nitrogens with zero attached hydrogens (tertiary/aromatic N) is 5. The highest BCUT2D eigenvalue weighted by Gasteiger charge is 2.37. The lowest BCUT2D eigenvalue weighted by atomic mass is 10.0. The van der Waals surface area contributed by atoms with Gasteiger partial charge in [0, 0.05) is 17.3 Å². The first-order valence-corrected chi connectivity index (χ1v) is 7.95. The maximum atomic E-state index is 13.0. The number of aromatic nitrogens is 5. The fourth-order valence-electron chi connectivity index (χ4n) is 2.42. The highest BCUT2D eigenvalue weighted by Crippen LogP contribution is 2.38. The van der Waals surface area contributed by atoms with E-state index in [4.69, 9.17) is 5.73 Å². The van der Waals surface area contributed by atoms with Crippen molar-refractivity contribution in [2.45, 2.75) is 12.4 Å². The number of carbonyl (C=O) groups excluding carboxylic acids is 1. The quantitative estimate of drug-likeness (QED) is 0.508. The van der Waals surface area contributed by atoms with Crippen LogP contribution < -0.4 is 5.73 Å². The van der Waals surface area contributed by atoms with Gasteiger partial charge in [-0.1, -0.05) is 0 Å². The minimum absolute atomic E-state index is 0.00201. The second kappa shape index (κ2) is 7.57. The lowest BCUT2D eigenvalue weighted by Gasteiger charge is -2.13. The summed E-state index contributed by atoms with van der Waals surface area (Å²) in [4.78, 5) is 15.4. The summed E-state index contributed by atoms with van der Waals surface area (Å²) < 4.78 is 79.1. The van der Waals surface area contributed by atoms with Crippen LogP contribution in [0.1, 0.15) is 16.7 Å². The van der Waals surface area contributed by atoms with Gasteiger partial charge in [0.25, 0.3) is 5.91 Å². The summed E-state index contributed by atoms with van der Waals surface area (Å²) in [5.74, 6) is -1.29. The van der Waals surface area contributed by atoms with Crippen LogP contribution in [-0.2, 0) is 17.1 Å². The van der Waals surface area contributed by atoms with E-state index in [9.17, 15) is 31.1 Å². The number of hydrogen-bond donors (Lipinski definition) is 1. The molecule has 3 aromatic rings. The van der Waals surface area contributed by atoms with Crippen LogP contribution in [0.5, 0.6) is 0 Å². The van der Waals surface area contributed by atoms with E-state index in [1.165, 1.54) is 18.5 Å². The van der Waals surface area contributed by atoms with E-state index < -0.39 is 40.8 Å². The summed E-state index contributed by atoms with van der Waals surface area (Å²) in [7, 11) is 0. The molecule has 0 aliphatic heterocycles. The smallest absolute Gasteiger partial charge is 0.366 e. The molecule has 0 spiro atoms. The fraction of sp³-hybridized carbons (Fsp3) is 0.118. The zero-order chi connectivity index (χ0) is 22.1. The number of alkyl halides is 6. The Labute approximate surface area is 163 Å².